The van der Waals surface area contributed by atoms with Gasteiger partial charge in [-0.15, -0.1) is 0 Å². The Balaban J connectivity index is 2.06. The van der Waals surface area contributed by atoms with E-state index in [9.17, 15) is 18.0 Å². The highest BCUT2D eigenvalue weighted by Crippen LogP contribution is 2.27. The highest BCUT2D eigenvalue weighted by molar-refractivity contribution is 7.92. The molecule has 0 fully saturated rings. The van der Waals surface area contributed by atoms with Crippen LogP contribution in [0.15, 0.2) is 72.8 Å². The van der Waals surface area contributed by atoms with Crippen LogP contribution in [-0.4, -0.2) is 50.5 Å². The maximum Gasteiger partial charge on any atom is 0.244 e. The number of unbranched alkanes of at least 4 members (excludes halogenated alkanes) is 1. The van der Waals surface area contributed by atoms with E-state index in [2.05, 4.69) is 5.32 Å². The van der Waals surface area contributed by atoms with E-state index >= 15 is 0 Å². The molecule has 0 unspecified atom stereocenters. The molecule has 0 bridgehead atoms. The van der Waals surface area contributed by atoms with Crippen molar-refractivity contribution in [3.63, 3.8) is 0 Å². The lowest BCUT2D eigenvalue weighted by molar-refractivity contribution is -0.140. The molecule has 3 aromatic carbocycles. The second kappa shape index (κ2) is 14.3. The van der Waals surface area contributed by atoms with Crippen molar-refractivity contribution in [2.75, 3.05) is 23.7 Å². The van der Waals surface area contributed by atoms with E-state index < -0.39 is 28.5 Å². The van der Waals surface area contributed by atoms with Crippen molar-refractivity contribution in [3.05, 3.63) is 100 Å². The van der Waals surface area contributed by atoms with Crippen molar-refractivity contribution in [1.29, 1.82) is 0 Å². The number of halogens is 1. The molecule has 0 aliphatic heterocycles. The summed E-state index contributed by atoms with van der Waals surface area (Å²) in [5.41, 5.74) is 3.61. The van der Waals surface area contributed by atoms with Gasteiger partial charge >= 0.3 is 0 Å². The molecule has 3 rings (SSSR count). The van der Waals surface area contributed by atoms with Crippen molar-refractivity contribution in [2.24, 2.45) is 0 Å². The van der Waals surface area contributed by atoms with Crippen LogP contribution in [0.2, 0.25) is 5.02 Å². The maximum atomic E-state index is 14.1. The van der Waals surface area contributed by atoms with Gasteiger partial charge in [0.25, 0.3) is 0 Å². The number of sulfonamides is 1. The van der Waals surface area contributed by atoms with Gasteiger partial charge in [-0.05, 0) is 54.7 Å². The van der Waals surface area contributed by atoms with Gasteiger partial charge in [0.1, 0.15) is 12.6 Å². The summed E-state index contributed by atoms with van der Waals surface area (Å²) >= 11 is 6.10. The predicted molar refractivity (Wildman–Crippen MR) is 162 cm³/mol. The smallest absolute Gasteiger partial charge is 0.244 e. The topological polar surface area (TPSA) is 86.8 Å². The average molecular weight is 584 g/mol. The molecular weight excluding hydrogens is 546 g/mol. The third kappa shape index (κ3) is 8.57. The van der Waals surface area contributed by atoms with Gasteiger partial charge in [-0.1, -0.05) is 85.6 Å². The third-order valence-electron chi connectivity index (χ3n) is 6.73. The second-order valence-electron chi connectivity index (χ2n) is 10.0. The normalized spacial score (nSPS) is 12.0. The van der Waals surface area contributed by atoms with Crippen LogP contribution in [0.1, 0.15) is 42.0 Å². The Kier molecular flexibility index (Phi) is 11.2. The monoisotopic (exact) mass is 583 g/mol. The van der Waals surface area contributed by atoms with Crippen molar-refractivity contribution in [2.45, 2.75) is 52.6 Å². The number of nitrogens with one attached hydrogen (secondary N) is 1. The van der Waals surface area contributed by atoms with Crippen LogP contribution in [0, 0.1) is 13.8 Å². The quantitative estimate of drug-likeness (QED) is 0.277. The molecule has 0 saturated carbocycles. The van der Waals surface area contributed by atoms with Gasteiger partial charge in [-0.3, -0.25) is 13.9 Å². The number of carbonyl (C=O) groups is 2. The van der Waals surface area contributed by atoms with E-state index in [1.54, 1.807) is 24.3 Å². The Morgan fingerprint density at radius 2 is 1.52 bits per heavy atom. The van der Waals surface area contributed by atoms with E-state index in [-0.39, 0.29) is 18.9 Å². The minimum Gasteiger partial charge on any atom is -0.354 e. The largest absolute Gasteiger partial charge is 0.354 e. The van der Waals surface area contributed by atoms with Crippen LogP contribution >= 0.6 is 11.6 Å². The van der Waals surface area contributed by atoms with Gasteiger partial charge in [0.05, 0.1) is 11.9 Å². The SMILES string of the molecule is CCCCNC(=O)[C@@H](Cc1ccccc1)N(Cc1ccc(Cl)cc1)C(=O)CN(c1c(C)cccc1C)S(C)(=O)=O. The standard InChI is InChI=1S/C31H38ClN3O4S/c1-5-6-19-33-31(37)28(20-25-13-8-7-9-14-25)34(21-26-15-17-27(32)18-16-26)29(36)22-35(40(4,38)39)30-23(2)11-10-12-24(30)3/h7-18,28H,5-6,19-22H2,1-4H3,(H,33,37)/t28-/m1/s1. The summed E-state index contributed by atoms with van der Waals surface area (Å²) in [6.07, 6.45) is 3.09. The fourth-order valence-electron chi connectivity index (χ4n) is 4.62. The van der Waals surface area contributed by atoms with Crippen molar-refractivity contribution < 1.29 is 18.0 Å². The van der Waals surface area contributed by atoms with E-state index in [0.29, 0.717) is 17.3 Å². The zero-order chi connectivity index (χ0) is 29.3. The van der Waals surface area contributed by atoms with E-state index in [1.807, 2.05) is 69.3 Å². The van der Waals surface area contributed by atoms with E-state index in [0.717, 1.165) is 45.7 Å². The number of benzene rings is 3. The van der Waals surface area contributed by atoms with E-state index in [4.69, 9.17) is 11.6 Å². The van der Waals surface area contributed by atoms with Crippen LogP contribution in [0.25, 0.3) is 0 Å². The molecule has 1 N–H and O–H groups in total. The molecule has 7 nitrogen and oxygen atoms in total. The minimum absolute atomic E-state index is 0.110. The first kappa shape index (κ1) is 31.2. The highest BCUT2D eigenvalue weighted by Gasteiger charge is 2.33. The fraction of sp³-hybridized carbons (Fsp3) is 0.355. The highest BCUT2D eigenvalue weighted by atomic mass is 35.5. The molecule has 40 heavy (non-hydrogen) atoms. The van der Waals surface area contributed by atoms with Gasteiger partial charge in [0, 0.05) is 24.5 Å². The Bertz CT molecular complexity index is 1380. The number of hydrogen-bond acceptors (Lipinski definition) is 4. The summed E-state index contributed by atoms with van der Waals surface area (Å²) in [5, 5.41) is 3.54. The fourth-order valence-corrected chi connectivity index (χ4v) is 5.71. The summed E-state index contributed by atoms with van der Waals surface area (Å²) in [7, 11) is -3.82. The predicted octanol–water partition coefficient (Wildman–Crippen LogP) is 5.28. The molecule has 3 aromatic rings. The Labute approximate surface area is 243 Å². The zero-order valence-electron chi connectivity index (χ0n) is 23.6. The number of nitrogens with zero attached hydrogens (tertiary/aromatic N) is 2. The summed E-state index contributed by atoms with van der Waals surface area (Å²) in [6.45, 7) is 5.83. The number of rotatable bonds is 13. The Morgan fingerprint density at radius 1 is 0.900 bits per heavy atom. The maximum absolute atomic E-state index is 14.1. The molecule has 0 heterocycles. The lowest BCUT2D eigenvalue weighted by Crippen LogP contribution is -2.53. The lowest BCUT2D eigenvalue weighted by Gasteiger charge is -2.34. The molecule has 9 heteroatoms. The van der Waals surface area contributed by atoms with Gasteiger partial charge in [-0.2, -0.15) is 0 Å². The van der Waals surface area contributed by atoms with Crippen molar-refractivity contribution in [1.82, 2.24) is 10.2 Å². The lowest BCUT2D eigenvalue weighted by atomic mass is 10.0. The molecule has 0 spiro atoms. The number of amides is 2. The zero-order valence-corrected chi connectivity index (χ0v) is 25.1. The van der Waals surface area contributed by atoms with Gasteiger partial charge in [0.2, 0.25) is 21.8 Å². The van der Waals surface area contributed by atoms with Crippen LogP contribution < -0.4 is 9.62 Å². The Hall–Kier alpha value is -3.36. The van der Waals surface area contributed by atoms with Crippen molar-refractivity contribution in [3.8, 4) is 0 Å². The van der Waals surface area contributed by atoms with Crippen LogP contribution in [0.3, 0.4) is 0 Å². The summed E-state index contributed by atoms with van der Waals surface area (Å²) in [6, 6.07) is 21.2. The first-order valence-electron chi connectivity index (χ1n) is 13.4. The van der Waals surface area contributed by atoms with Gasteiger partial charge in [-0.25, -0.2) is 8.42 Å². The van der Waals surface area contributed by atoms with Crippen molar-refractivity contribution >= 4 is 39.1 Å². The minimum atomic E-state index is -3.82. The summed E-state index contributed by atoms with van der Waals surface area (Å²) in [4.78, 5) is 29.3. The summed E-state index contributed by atoms with van der Waals surface area (Å²) < 4.78 is 27.2. The van der Waals surface area contributed by atoms with Crippen LogP contribution in [-0.2, 0) is 32.6 Å². The molecule has 214 valence electrons. The molecule has 0 aromatic heterocycles. The van der Waals surface area contributed by atoms with Gasteiger partial charge in [0.15, 0.2) is 0 Å². The van der Waals surface area contributed by atoms with Crippen LogP contribution in [0.4, 0.5) is 5.69 Å². The second-order valence-corrected chi connectivity index (χ2v) is 12.4. The molecule has 1 atom stereocenters. The molecule has 0 aliphatic carbocycles. The number of para-hydroxylation sites is 1. The molecule has 2 amide bonds. The first-order chi connectivity index (χ1) is 19.0. The molecule has 0 radical (unpaired) electrons. The van der Waals surface area contributed by atoms with E-state index in [1.165, 1.54) is 4.90 Å². The number of hydrogen-bond donors (Lipinski definition) is 1. The number of carbonyl (C=O) groups excluding carboxylic acids is 2. The Morgan fingerprint density at radius 3 is 2.10 bits per heavy atom. The van der Waals surface area contributed by atoms with Crippen LogP contribution in [0.5, 0.6) is 0 Å². The molecule has 0 saturated heterocycles. The van der Waals surface area contributed by atoms with Gasteiger partial charge < -0.3 is 10.2 Å². The summed E-state index contributed by atoms with van der Waals surface area (Å²) in [5.74, 6) is -0.757. The number of aryl methyl sites for hydroxylation is 2. The number of anilines is 1. The molecular formula is C31H38ClN3O4S. The average Bonchev–Trinajstić information content (AvgIpc) is 2.91. The molecule has 0 aliphatic rings. The third-order valence-corrected chi connectivity index (χ3v) is 8.10. The first-order valence-corrected chi connectivity index (χ1v) is 15.6.